The smallest absolute Gasteiger partial charge is 0.252 e. The van der Waals surface area contributed by atoms with Gasteiger partial charge in [0.25, 0.3) is 5.91 Å². The van der Waals surface area contributed by atoms with Gasteiger partial charge in [-0.1, -0.05) is 24.3 Å². The third-order valence-corrected chi connectivity index (χ3v) is 6.64. The lowest BCUT2D eigenvalue weighted by atomic mass is 9.99. The van der Waals surface area contributed by atoms with Crippen LogP contribution in [0.4, 0.5) is 0 Å². The number of benzene rings is 2. The molecule has 0 saturated heterocycles. The largest absolute Gasteiger partial charge is 0.492 e. The van der Waals surface area contributed by atoms with Crippen molar-refractivity contribution < 1.29 is 9.53 Å². The molecule has 0 radical (unpaired) electrons. The summed E-state index contributed by atoms with van der Waals surface area (Å²) < 4.78 is 7.90. The zero-order valence-corrected chi connectivity index (χ0v) is 21.4. The monoisotopic (exact) mass is 483 g/mol. The lowest BCUT2D eigenvalue weighted by Crippen LogP contribution is -2.27. The molecule has 1 amide bonds. The van der Waals surface area contributed by atoms with E-state index in [2.05, 4.69) is 33.6 Å². The van der Waals surface area contributed by atoms with Crippen LogP contribution in [0.5, 0.6) is 5.75 Å². The second kappa shape index (κ2) is 10.1. The maximum Gasteiger partial charge on any atom is 0.252 e. The van der Waals surface area contributed by atoms with Crippen molar-refractivity contribution in [2.45, 2.75) is 38.8 Å². The van der Waals surface area contributed by atoms with Crippen LogP contribution in [0.25, 0.3) is 22.2 Å². The molecule has 1 aliphatic rings. The van der Waals surface area contributed by atoms with Gasteiger partial charge in [-0.05, 0) is 76.2 Å². The Balaban J connectivity index is 1.40. The molecule has 2 heterocycles. The summed E-state index contributed by atoms with van der Waals surface area (Å²) in [5, 5.41) is 8.77. The molecule has 7 nitrogen and oxygen atoms in total. The summed E-state index contributed by atoms with van der Waals surface area (Å²) in [6, 6.07) is 16.1. The van der Waals surface area contributed by atoms with E-state index in [4.69, 9.17) is 9.72 Å². The van der Waals surface area contributed by atoms with E-state index in [9.17, 15) is 4.79 Å². The average Bonchev–Trinajstić information content (AvgIpc) is 3.60. The van der Waals surface area contributed by atoms with Crippen molar-refractivity contribution in [3.63, 3.8) is 0 Å². The minimum Gasteiger partial charge on any atom is -0.492 e. The first-order valence-corrected chi connectivity index (χ1v) is 12.5. The van der Waals surface area contributed by atoms with Gasteiger partial charge in [0.05, 0.1) is 29.5 Å². The third-order valence-electron chi connectivity index (χ3n) is 6.64. The molecule has 0 spiro atoms. The zero-order valence-electron chi connectivity index (χ0n) is 21.4. The molecular formula is C29H33N5O2. The molecular weight excluding hydrogens is 450 g/mol. The van der Waals surface area contributed by atoms with E-state index < -0.39 is 0 Å². The van der Waals surface area contributed by atoms with Gasteiger partial charge in [-0.2, -0.15) is 5.10 Å². The number of aryl methyl sites for hydroxylation is 1. The summed E-state index contributed by atoms with van der Waals surface area (Å²) in [4.78, 5) is 20.3. The number of carbonyl (C=O) groups excluding carboxylic acids is 1. The molecule has 1 fully saturated rings. The lowest BCUT2D eigenvalue weighted by molar-refractivity contribution is 0.0939. The Bertz CT molecular complexity index is 1390. The molecule has 7 heteroatoms. The SMILES string of the molecule is Cc1ccc(OCCN(C)C)cc1C(=O)N[C@H](C)c1cc(-c2cnn(C3CC3)c2)nc2ccccc12. The number of pyridine rings is 1. The van der Waals surface area contributed by atoms with Gasteiger partial charge in [0, 0.05) is 29.3 Å². The van der Waals surface area contributed by atoms with Gasteiger partial charge in [-0.3, -0.25) is 9.48 Å². The van der Waals surface area contributed by atoms with Crippen molar-refractivity contribution in [3.8, 4) is 17.0 Å². The summed E-state index contributed by atoms with van der Waals surface area (Å²) >= 11 is 0. The molecule has 186 valence electrons. The Morgan fingerprint density at radius 2 is 2.00 bits per heavy atom. The lowest BCUT2D eigenvalue weighted by Gasteiger charge is -2.19. The Labute approximate surface area is 212 Å². The van der Waals surface area contributed by atoms with Crippen molar-refractivity contribution in [3.05, 3.63) is 77.6 Å². The number of hydrogen-bond acceptors (Lipinski definition) is 5. The molecule has 1 saturated carbocycles. The maximum atomic E-state index is 13.4. The van der Waals surface area contributed by atoms with Crippen molar-refractivity contribution in [2.75, 3.05) is 27.2 Å². The number of amides is 1. The molecule has 5 rings (SSSR count). The number of aromatic nitrogens is 3. The number of nitrogens with zero attached hydrogens (tertiary/aromatic N) is 4. The predicted molar refractivity (Wildman–Crippen MR) is 142 cm³/mol. The van der Waals surface area contributed by atoms with Crippen molar-refractivity contribution in [1.82, 2.24) is 25.0 Å². The Morgan fingerprint density at radius 1 is 1.19 bits per heavy atom. The molecule has 1 aliphatic carbocycles. The summed E-state index contributed by atoms with van der Waals surface area (Å²) in [5.41, 5.74) is 5.31. The highest BCUT2D eigenvalue weighted by molar-refractivity contribution is 5.96. The van der Waals surface area contributed by atoms with Gasteiger partial charge in [0.2, 0.25) is 0 Å². The van der Waals surface area contributed by atoms with E-state index in [1.165, 1.54) is 12.8 Å². The fraction of sp³-hybridized carbons (Fsp3) is 0.345. The Hall–Kier alpha value is -3.71. The van der Waals surface area contributed by atoms with Crippen molar-refractivity contribution in [2.24, 2.45) is 0 Å². The summed E-state index contributed by atoms with van der Waals surface area (Å²) in [5.74, 6) is 0.576. The normalized spacial score (nSPS) is 14.2. The quantitative estimate of drug-likeness (QED) is 0.355. The number of rotatable bonds is 9. The fourth-order valence-electron chi connectivity index (χ4n) is 4.35. The van der Waals surface area contributed by atoms with Gasteiger partial charge >= 0.3 is 0 Å². The van der Waals surface area contributed by atoms with Gasteiger partial charge in [0.1, 0.15) is 12.4 Å². The van der Waals surface area contributed by atoms with Crippen molar-refractivity contribution >= 4 is 16.8 Å². The number of nitrogens with one attached hydrogen (secondary N) is 1. The summed E-state index contributed by atoms with van der Waals surface area (Å²) in [6.45, 7) is 5.34. The summed E-state index contributed by atoms with van der Waals surface area (Å²) in [6.07, 6.45) is 6.32. The minimum atomic E-state index is -0.222. The molecule has 2 aromatic carbocycles. The van der Waals surface area contributed by atoms with Crippen LogP contribution in [-0.2, 0) is 0 Å². The van der Waals surface area contributed by atoms with Crippen LogP contribution in [0, 0.1) is 6.92 Å². The minimum absolute atomic E-state index is 0.123. The molecule has 36 heavy (non-hydrogen) atoms. The highest BCUT2D eigenvalue weighted by atomic mass is 16.5. The van der Waals surface area contributed by atoms with Gasteiger partial charge in [-0.15, -0.1) is 0 Å². The topological polar surface area (TPSA) is 72.3 Å². The summed E-state index contributed by atoms with van der Waals surface area (Å²) in [7, 11) is 4.01. The molecule has 2 aromatic heterocycles. The average molecular weight is 484 g/mol. The second-order valence-corrected chi connectivity index (χ2v) is 9.88. The second-order valence-electron chi connectivity index (χ2n) is 9.88. The third kappa shape index (κ3) is 5.26. The first-order chi connectivity index (χ1) is 17.4. The van der Waals surface area contributed by atoms with E-state index in [-0.39, 0.29) is 11.9 Å². The first-order valence-electron chi connectivity index (χ1n) is 12.5. The predicted octanol–water partition coefficient (Wildman–Crippen LogP) is 5.17. The van der Waals surface area contributed by atoms with E-state index in [1.807, 2.05) is 75.2 Å². The van der Waals surface area contributed by atoms with E-state index in [0.717, 1.165) is 39.8 Å². The molecule has 1 N–H and O–H groups in total. The van der Waals surface area contributed by atoms with Crippen molar-refractivity contribution in [1.29, 1.82) is 0 Å². The van der Waals surface area contributed by atoms with Crippen LogP contribution in [0.1, 0.15) is 53.3 Å². The van der Waals surface area contributed by atoms with Gasteiger partial charge in [0.15, 0.2) is 0 Å². The van der Waals surface area contributed by atoms with Crippen LogP contribution in [0.15, 0.2) is 60.9 Å². The number of para-hydroxylation sites is 1. The zero-order chi connectivity index (χ0) is 25.2. The maximum absolute atomic E-state index is 13.4. The van der Waals surface area contributed by atoms with Gasteiger partial charge < -0.3 is 15.0 Å². The highest BCUT2D eigenvalue weighted by Gasteiger charge is 2.25. The van der Waals surface area contributed by atoms with Crippen LogP contribution >= 0.6 is 0 Å². The van der Waals surface area contributed by atoms with E-state index in [0.29, 0.717) is 24.0 Å². The molecule has 0 unspecified atom stereocenters. The number of carbonyl (C=O) groups is 1. The van der Waals surface area contributed by atoms with E-state index >= 15 is 0 Å². The number of fused-ring (bicyclic) bond motifs is 1. The standard InChI is InChI=1S/C29H33N5O2/c1-19-9-12-23(36-14-13-33(3)4)15-25(19)29(35)31-20(2)26-16-28(32-27-8-6-5-7-24(26)27)21-17-30-34(18-21)22-10-11-22/h5-9,12,15-18,20,22H,10-11,13-14H2,1-4H3,(H,31,35)/t20-/m1/s1. The molecule has 1 atom stereocenters. The molecule has 4 aromatic rings. The van der Waals surface area contributed by atoms with Crippen LogP contribution < -0.4 is 10.1 Å². The van der Waals surface area contributed by atoms with E-state index in [1.54, 1.807) is 0 Å². The van der Waals surface area contributed by atoms with Crippen LogP contribution in [0.2, 0.25) is 0 Å². The molecule has 0 aliphatic heterocycles. The first kappa shape index (κ1) is 24.0. The van der Waals surface area contributed by atoms with Crippen LogP contribution in [-0.4, -0.2) is 52.8 Å². The number of likely N-dealkylation sites (N-methyl/N-ethyl adjacent to an activating group) is 1. The fourth-order valence-corrected chi connectivity index (χ4v) is 4.35. The number of hydrogen-bond donors (Lipinski definition) is 1. The van der Waals surface area contributed by atoms with Gasteiger partial charge in [-0.25, -0.2) is 4.98 Å². The molecule has 0 bridgehead atoms. The highest BCUT2D eigenvalue weighted by Crippen LogP contribution is 2.36. The Kier molecular flexibility index (Phi) is 6.74. The number of ether oxygens (including phenoxy) is 1. The van der Waals surface area contributed by atoms with Crippen LogP contribution in [0.3, 0.4) is 0 Å². The Morgan fingerprint density at radius 3 is 2.78 bits per heavy atom.